The molecule has 0 spiro atoms. The number of benzene rings is 1. The van der Waals surface area contributed by atoms with E-state index in [-0.39, 0.29) is 17.3 Å². The van der Waals surface area contributed by atoms with Gasteiger partial charge in [-0.3, -0.25) is 14.2 Å². The average Bonchev–Trinajstić information content (AvgIpc) is 2.94. The highest BCUT2D eigenvalue weighted by molar-refractivity contribution is 7.99. The van der Waals surface area contributed by atoms with Gasteiger partial charge in [0.2, 0.25) is 0 Å². The minimum Gasteiger partial charge on any atom is -0.468 e. The third-order valence-electron chi connectivity index (χ3n) is 3.32. The van der Waals surface area contributed by atoms with E-state index in [2.05, 4.69) is 14.7 Å². The fourth-order valence-corrected chi connectivity index (χ4v) is 3.11. The smallest absolute Gasteiger partial charge is 0.316 e. The average molecular weight is 329 g/mol. The lowest BCUT2D eigenvalue weighted by Crippen LogP contribution is -2.22. The second kappa shape index (κ2) is 6.29. The van der Waals surface area contributed by atoms with Gasteiger partial charge in [-0.15, -0.1) is 0 Å². The summed E-state index contributed by atoms with van der Waals surface area (Å²) in [7, 11) is 1.33. The summed E-state index contributed by atoms with van der Waals surface area (Å²) in [5.74, 6) is -0.278. The maximum Gasteiger partial charge on any atom is 0.316 e. The van der Waals surface area contributed by atoms with Gasteiger partial charge < -0.3 is 9.72 Å². The predicted molar refractivity (Wildman–Crippen MR) is 89.2 cm³/mol. The first kappa shape index (κ1) is 15.4. The maximum absolute atomic E-state index is 12.8. The highest BCUT2D eigenvalue weighted by Gasteiger charge is 2.16. The molecule has 0 aliphatic heterocycles. The van der Waals surface area contributed by atoms with E-state index in [4.69, 9.17) is 0 Å². The number of hydrogen-bond acceptors (Lipinski definition) is 5. The molecule has 1 N–H and O–H groups in total. The lowest BCUT2D eigenvalue weighted by atomic mass is 10.3. The van der Waals surface area contributed by atoms with Crippen molar-refractivity contribution in [3.05, 3.63) is 52.4 Å². The van der Waals surface area contributed by atoms with Crippen LogP contribution in [0, 0.1) is 6.92 Å². The number of H-pyrrole nitrogens is 1. The largest absolute Gasteiger partial charge is 0.468 e. The Balaban J connectivity index is 2.19. The second-order valence-electron chi connectivity index (χ2n) is 4.95. The molecule has 118 valence electrons. The van der Waals surface area contributed by atoms with Crippen molar-refractivity contribution >= 4 is 28.8 Å². The van der Waals surface area contributed by atoms with Crippen molar-refractivity contribution in [3.8, 4) is 5.69 Å². The summed E-state index contributed by atoms with van der Waals surface area (Å²) < 4.78 is 6.16. The molecule has 6 nitrogen and oxygen atoms in total. The van der Waals surface area contributed by atoms with Crippen LogP contribution in [0.5, 0.6) is 0 Å². The van der Waals surface area contributed by atoms with Gasteiger partial charge in [-0.2, -0.15) is 0 Å². The number of esters is 1. The molecule has 0 aliphatic rings. The molecule has 3 aromatic rings. The monoisotopic (exact) mass is 329 g/mol. The molecule has 0 radical (unpaired) electrons. The number of ether oxygens (including phenoxy) is 1. The van der Waals surface area contributed by atoms with Crippen LogP contribution in [0.3, 0.4) is 0 Å². The molecule has 0 saturated heterocycles. The zero-order valence-electron chi connectivity index (χ0n) is 12.7. The number of aromatic amines is 1. The van der Waals surface area contributed by atoms with Crippen molar-refractivity contribution in [1.82, 2.24) is 14.5 Å². The van der Waals surface area contributed by atoms with Crippen molar-refractivity contribution in [2.75, 3.05) is 12.9 Å². The summed E-state index contributed by atoms with van der Waals surface area (Å²) in [6, 6.07) is 11.0. The quantitative estimate of drug-likeness (QED) is 0.451. The minimum absolute atomic E-state index is 0.0880. The van der Waals surface area contributed by atoms with Crippen molar-refractivity contribution in [2.45, 2.75) is 12.1 Å². The number of methoxy groups -OCH3 is 1. The molecule has 0 saturated carbocycles. The van der Waals surface area contributed by atoms with E-state index in [1.54, 1.807) is 0 Å². The van der Waals surface area contributed by atoms with Crippen LogP contribution in [0.2, 0.25) is 0 Å². The number of fused-ring (bicyclic) bond motifs is 1. The van der Waals surface area contributed by atoms with Gasteiger partial charge in [0.15, 0.2) is 5.16 Å². The summed E-state index contributed by atoms with van der Waals surface area (Å²) >= 11 is 1.18. The molecule has 3 rings (SSSR count). The number of carbonyl (C=O) groups excluding carboxylic acids is 1. The molecule has 0 fully saturated rings. The van der Waals surface area contributed by atoms with Crippen LogP contribution in [0.4, 0.5) is 0 Å². The number of aryl methyl sites for hydroxylation is 1. The van der Waals surface area contributed by atoms with Crippen LogP contribution in [-0.2, 0) is 9.53 Å². The number of carbonyl (C=O) groups is 1. The number of hydrogen-bond donors (Lipinski definition) is 1. The zero-order valence-corrected chi connectivity index (χ0v) is 13.5. The van der Waals surface area contributed by atoms with Crippen LogP contribution in [0.1, 0.15) is 5.69 Å². The third kappa shape index (κ3) is 3.00. The minimum atomic E-state index is -0.366. The Labute approximate surface area is 136 Å². The Hall–Kier alpha value is -2.54. The molecule has 0 unspecified atom stereocenters. The van der Waals surface area contributed by atoms with Crippen LogP contribution in [-0.4, -0.2) is 33.4 Å². The first-order valence-electron chi connectivity index (χ1n) is 6.97. The second-order valence-corrected chi connectivity index (χ2v) is 5.89. The molecular formula is C16H15N3O3S. The van der Waals surface area contributed by atoms with Crippen molar-refractivity contribution in [1.29, 1.82) is 0 Å². The Morgan fingerprint density at radius 1 is 1.35 bits per heavy atom. The maximum atomic E-state index is 12.8. The molecule has 0 bridgehead atoms. The number of nitrogens with one attached hydrogen (secondary N) is 1. The Morgan fingerprint density at radius 2 is 2.09 bits per heavy atom. The van der Waals surface area contributed by atoms with E-state index in [1.807, 2.05) is 43.3 Å². The van der Waals surface area contributed by atoms with Gasteiger partial charge in [-0.1, -0.05) is 30.0 Å². The zero-order chi connectivity index (χ0) is 16.4. The van der Waals surface area contributed by atoms with Gasteiger partial charge in [0.1, 0.15) is 5.52 Å². The van der Waals surface area contributed by atoms with Crippen LogP contribution in [0.25, 0.3) is 16.7 Å². The topological polar surface area (TPSA) is 77.0 Å². The highest BCUT2D eigenvalue weighted by Crippen LogP contribution is 2.21. The number of thioether (sulfide) groups is 1. The molecule has 0 amide bonds. The van der Waals surface area contributed by atoms with Crippen molar-refractivity contribution in [3.63, 3.8) is 0 Å². The first-order valence-corrected chi connectivity index (χ1v) is 7.96. The van der Waals surface area contributed by atoms with Crippen LogP contribution in [0.15, 0.2) is 46.3 Å². The van der Waals surface area contributed by atoms with Crippen molar-refractivity contribution < 1.29 is 9.53 Å². The third-order valence-corrected chi connectivity index (χ3v) is 4.23. The summed E-state index contributed by atoms with van der Waals surface area (Å²) in [5.41, 5.74) is 2.41. The van der Waals surface area contributed by atoms with E-state index >= 15 is 0 Å². The summed E-state index contributed by atoms with van der Waals surface area (Å²) in [4.78, 5) is 31.8. The molecular weight excluding hydrogens is 314 g/mol. The fraction of sp³-hybridized carbons (Fsp3) is 0.188. The first-order chi connectivity index (χ1) is 11.1. The Bertz CT molecular complexity index is 915. The van der Waals surface area contributed by atoms with Gasteiger partial charge in [-0.05, 0) is 25.1 Å². The standard InChI is InChI=1S/C16H15N3O3S/c1-10-8-12-14(17-10)15(21)19(11-6-4-3-5-7-11)16(18-12)23-9-13(20)22-2/h3-8,17H,9H2,1-2H3. The van der Waals surface area contributed by atoms with E-state index in [0.717, 1.165) is 5.69 Å². The lowest BCUT2D eigenvalue weighted by molar-refractivity contribution is -0.137. The van der Waals surface area contributed by atoms with Crippen molar-refractivity contribution in [2.24, 2.45) is 0 Å². The van der Waals surface area contributed by atoms with Crippen LogP contribution < -0.4 is 5.56 Å². The molecule has 23 heavy (non-hydrogen) atoms. The summed E-state index contributed by atoms with van der Waals surface area (Å²) in [6.07, 6.45) is 0. The summed E-state index contributed by atoms with van der Waals surface area (Å²) in [6.45, 7) is 1.87. The molecule has 2 heterocycles. The number of nitrogens with zero attached hydrogens (tertiary/aromatic N) is 2. The van der Waals surface area contributed by atoms with E-state index in [1.165, 1.54) is 23.4 Å². The van der Waals surface area contributed by atoms with E-state index in [9.17, 15) is 9.59 Å². The lowest BCUT2D eigenvalue weighted by Gasteiger charge is -2.11. The van der Waals surface area contributed by atoms with Gasteiger partial charge in [0.05, 0.1) is 24.1 Å². The molecule has 0 atom stereocenters. The number of rotatable bonds is 4. The number of para-hydroxylation sites is 1. The van der Waals surface area contributed by atoms with Gasteiger partial charge in [0, 0.05) is 5.69 Å². The van der Waals surface area contributed by atoms with E-state index in [0.29, 0.717) is 21.9 Å². The Morgan fingerprint density at radius 3 is 2.78 bits per heavy atom. The number of aromatic nitrogens is 3. The normalized spacial score (nSPS) is 10.9. The van der Waals surface area contributed by atoms with E-state index < -0.39 is 0 Å². The molecule has 0 aliphatic carbocycles. The fourth-order valence-electron chi connectivity index (χ4n) is 2.26. The molecule has 7 heteroatoms. The SMILES string of the molecule is COC(=O)CSc1nc2cc(C)[nH]c2c(=O)n1-c1ccccc1. The van der Waals surface area contributed by atoms with Crippen LogP contribution >= 0.6 is 11.8 Å². The van der Waals surface area contributed by atoms with Gasteiger partial charge >= 0.3 is 5.97 Å². The van der Waals surface area contributed by atoms with Gasteiger partial charge in [-0.25, -0.2) is 4.98 Å². The Kier molecular flexibility index (Phi) is 4.20. The molecule has 2 aromatic heterocycles. The molecule has 1 aromatic carbocycles. The van der Waals surface area contributed by atoms with Gasteiger partial charge in [0.25, 0.3) is 5.56 Å². The summed E-state index contributed by atoms with van der Waals surface area (Å²) in [5, 5.41) is 0.457. The highest BCUT2D eigenvalue weighted by atomic mass is 32.2. The predicted octanol–water partition coefficient (Wildman–Crippen LogP) is 2.29.